The zero-order valence-electron chi connectivity index (χ0n) is 56.0. The van der Waals surface area contributed by atoms with Crippen molar-refractivity contribution in [2.45, 2.75) is 330 Å². The first kappa shape index (κ1) is 84.5. The molecule has 5 unspecified atom stereocenters. The monoisotopic (exact) mass is 1280 g/mol. The molecule has 3 N–H and O–H groups in total. The van der Waals surface area contributed by atoms with Crippen LogP contribution in [0.2, 0.25) is 0 Å². The maximum Gasteiger partial charge on any atom is 0.472 e. The van der Waals surface area contributed by atoms with Crippen LogP contribution in [0.25, 0.3) is 0 Å². The Morgan fingerprint density at radius 2 is 0.678 bits per heavy atom. The fourth-order valence-electron chi connectivity index (χ4n) is 9.58. The van der Waals surface area contributed by atoms with Gasteiger partial charge in [0.25, 0.3) is 0 Å². The highest BCUT2D eigenvalue weighted by Crippen LogP contribution is 2.45. The molecule has 0 aromatic heterocycles. The van der Waals surface area contributed by atoms with Crippen LogP contribution < -0.4 is 0 Å². The molecule has 0 heterocycles. The maximum absolute atomic E-state index is 13.0. The lowest BCUT2D eigenvalue weighted by Crippen LogP contribution is -2.30. The molecule has 0 bridgehead atoms. The molecule has 0 rings (SSSR count). The van der Waals surface area contributed by atoms with E-state index in [0.717, 1.165) is 127 Å². The van der Waals surface area contributed by atoms with Crippen LogP contribution in [0.15, 0.2) is 24.3 Å². The number of phosphoric acid groups is 2. The van der Waals surface area contributed by atoms with E-state index in [2.05, 4.69) is 72.8 Å². The summed E-state index contributed by atoms with van der Waals surface area (Å²) < 4.78 is 68.1. The molecule has 0 aliphatic heterocycles. The highest BCUT2D eigenvalue weighted by molar-refractivity contribution is 7.47. The Morgan fingerprint density at radius 1 is 0.379 bits per heavy atom. The van der Waals surface area contributed by atoms with E-state index in [9.17, 15) is 43.2 Å². The quantitative estimate of drug-likeness (QED) is 0.0169. The number of carbonyl (C=O) groups excluding carboxylic acids is 4. The molecule has 0 aliphatic rings. The zero-order chi connectivity index (χ0) is 64.5. The molecular formula is C68H128O17P2. The second-order valence-corrected chi connectivity index (χ2v) is 27.7. The molecular weight excluding hydrogens is 1150 g/mol. The van der Waals surface area contributed by atoms with Crippen LogP contribution in [-0.2, 0) is 65.4 Å². The van der Waals surface area contributed by atoms with Crippen molar-refractivity contribution in [2.75, 3.05) is 39.6 Å². The zero-order valence-corrected chi connectivity index (χ0v) is 57.7. The highest BCUT2D eigenvalue weighted by Gasteiger charge is 2.30. The SMILES string of the molecule is CCCCCC/C=C\C=C/CCCCCCCC(=O)OC[C@H](COP(=O)(O)OCC(O)COP(=O)(O)OC[C@@H](COC(=O)CCCCCCCCCC(C)C)OC(=O)CCCCCCCCC(C)CC)OC(=O)CCCCCCCCCCC(C)CC. The molecule has 0 amide bonds. The number of esters is 4. The largest absolute Gasteiger partial charge is 0.472 e. The first-order valence-electron chi connectivity index (χ1n) is 34.7. The standard InChI is InChI=1S/C68H128O17P2/c1-8-11-12-13-14-15-16-17-18-19-20-21-27-35-42-49-65(70)78-55-63(84-67(72)51-44-37-28-23-22-26-33-40-47-60(6)9-2)57-82-86(74,75)80-53-62(69)54-81-87(76,77)83-58-64(85-68(73)52-45-38-31-30-34-41-48-61(7)10-3)56-79-66(71)50-43-36-29-24-25-32-39-46-59(4)5/h15-18,59-64,69H,8-14,19-58H2,1-7H3,(H,74,75)(H,76,77)/b16-15-,18-17-/t60?,61?,62?,63-,64-/m1/s1. The van der Waals surface area contributed by atoms with E-state index >= 15 is 0 Å². The van der Waals surface area contributed by atoms with E-state index in [1.54, 1.807) is 0 Å². The predicted octanol–water partition coefficient (Wildman–Crippen LogP) is 18.6. The summed E-state index contributed by atoms with van der Waals surface area (Å²) in [6.07, 6.45) is 44.0. The van der Waals surface area contributed by atoms with Gasteiger partial charge in [-0.25, -0.2) is 9.13 Å². The molecule has 87 heavy (non-hydrogen) atoms. The highest BCUT2D eigenvalue weighted by atomic mass is 31.2. The van der Waals surface area contributed by atoms with E-state index in [1.165, 1.54) is 96.3 Å². The van der Waals surface area contributed by atoms with E-state index in [4.69, 9.17) is 37.0 Å². The van der Waals surface area contributed by atoms with Gasteiger partial charge < -0.3 is 33.8 Å². The second kappa shape index (κ2) is 58.6. The summed E-state index contributed by atoms with van der Waals surface area (Å²) in [4.78, 5) is 72.4. The summed E-state index contributed by atoms with van der Waals surface area (Å²) in [5, 5.41) is 10.6. The molecule has 0 radical (unpaired) electrons. The number of aliphatic hydroxyl groups is 1. The minimum atomic E-state index is -4.96. The van der Waals surface area contributed by atoms with Crippen molar-refractivity contribution in [3.63, 3.8) is 0 Å². The van der Waals surface area contributed by atoms with Crippen LogP contribution in [0.5, 0.6) is 0 Å². The van der Waals surface area contributed by atoms with Gasteiger partial charge in [0.1, 0.15) is 19.3 Å². The van der Waals surface area contributed by atoms with Gasteiger partial charge in [0.05, 0.1) is 26.4 Å². The third-order valence-electron chi connectivity index (χ3n) is 15.7. The van der Waals surface area contributed by atoms with Crippen molar-refractivity contribution in [3.05, 3.63) is 24.3 Å². The maximum atomic E-state index is 13.0. The van der Waals surface area contributed by atoms with E-state index < -0.39 is 97.5 Å². The van der Waals surface area contributed by atoms with Gasteiger partial charge in [-0.05, 0) is 69.1 Å². The summed E-state index contributed by atoms with van der Waals surface area (Å²) in [5.74, 6) is 0.0229. The average molecular weight is 1280 g/mol. The summed E-state index contributed by atoms with van der Waals surface area (Å²) in [5.41, 5.74) is 0. The number of ether oxygens (including phenoxy) is 4. The molecule has 0 saturated carbocycles. The van der Waals surface area contributed by atoms with Crippen molar-refractivity contribution in [2.24, 2.45) is 17.8 Å². The third-order valence-corrected chi connectivity index (χ3v) is 17.6. The Labute approximate surface area is 529 Å². The molecule has 0 aliphatic carbocycles. The number of hydrogen-bond acceptors (Lipinski definition) is 15. The molecule has 0 aromatic carbocycles. The summed E-state index contributed by atoms with van der Waals surface area (Å²) in [6, 6.07) is 0. The topological polar surface area (TPSA) is 237 Å². The van der Waals surface area contributed by atoms with Crippen LogP contribution in [0.4, 0.5) is 0 Å². The van der Waals surface area contributed by atoms with Gasteiger partial charge in [0, 0.05) is 25.7 Å². The Hall–Kier alpha value is -2.46. The number of unbranched alkanes of at least 4 members (excludes halogenated alkanes) is 27. The third kappa shape index (κ3) is 59.6. The Balaban J connectivity index is 5.29. The van der Waals surface area contributed by atoms with Gasteiger partial charge in [-0.1, -0.05) is 259 Å². The first-order chi connectivity index (χ1) is 41.8. The van der Waals surface area contributed by atoms with E-state index in [1.807, 2.05) is 0 Å². The number of rotatable bonds is 64. The number of carbonyl (C=O) groups is 4. The van der Waals surface area contributed by atoms with E-state index in [-0.39, 0.29) is 25.7 Å². The molecule has 512 valence electrons. The Bertz CT molecular complexity index is 1810. The Kier molecular flexibility index (Phi) is 57.0. The lowest BCUT2D eigenvalue weighted by atomic mass is 9.99. The van der Waals surface area contributed by atoms with Crippen molar-refractivity contribution in [3.8, 4) is 0 Å². The molecule has 0 spiro atoms. The summed E-state index contributed by atoms with van der Waals surface area (Å²) in [7, 11) is -9.91. The number of phosphoric ester groups is 2. The van der Waals surface area contributed by atoms with Crippen LogP contribution in [0.3, 0.4) is 0 Å². The fourth-order valence-corrected chi connectivity index (χ4v) is 11.2. The molecule has 17 nitrogen and oxygen atoms in total. The Morgan fingerprint density at radius 3 is 1.02 bits per heavy atom. The molecule has 19 heteroatoms. The minimum Gasteiger partial charge on any atom is -0.462 e. The summed E-state index contributed by atoms with van der Waals surface area (Å²) in [6.45, 7) is 11.6. The smallest absolute Gasteiger partial charge is 0.462 e. The van der Waals surface area contributed by atoms with Gasteiger partial charge in [0.15, 0.2) is 12.2 Å². The van der Waals surface area contributed by atoms with Crippen LogP contribution in [-0.4, -0.2) is 96.7 Å². The average Bonchev–Trinajstić information content (AvgIpc) is 3.70. The van der Waals surface area contributed by atoms with Gasteiger partial charge in [-0.3, -0.25) is 37.3 Å². The van der Waals surface area contributed by atoms with Crippen molar-refractivity contribution < 1.29 is 80.2 Å². The van der Waals surface area contributed by atoms with Gasteiger partial charge in [-0.15, -0.1) is 0 Å². The van der Waals surface area contributed by atoms with Crippen LogP contribution in [0.1, 0.15) is 312 Å². The van der Waals surface area contributed by atoms with Gasteiger partial charge in [0.2, 0.25) is 0 Å². The molecule has 0 saturated heterocycles. The van der Waals surface area contributed by atoms with Crippen LogP contribution in [0, 0.1) is 17.8 Å². The van der Waals surface area contributed by atoms with Crippen molar-refractivity contribution in [1.29, 1.82) is 0 Å². The molecule has 7 atom stereocenters. The van der Waals surface area contributed by atoms with Crippen molar-refractivity contribution in [1.82, 2.24) is 0 Å². The van der Waals surface area contributed by atoms with Gasteiger partial charge in [-0.2, -0.15) is 0 Å². The molecule has 0 fully saturated rings. The van der Waals surface area contributed by atoms with E-state index in [0.29, 0.717) is 31.6 Å². The van der Waals surface area contributed by atoms with Crippen LogP contribution >= 0.6 is 15.6 Å². The lowest BCUT2D eigenvalue weighted by molar-refractivity contribution is -0.161. The fraction of sp³-hybridized carbons (Fsp3) is 0.882. The normalized spacial score (nSPS) is 15.1. The predicted molar refractivity (Wildman–Crippen MR) is 349 cm³/mol. The van der Waals surface area contributed by atoms with Gasteiger partial charge >= 0.3 is 39.5 Å². The second-order valence-electron chi connectivity index (χ2n) is 24.8. The first-order valence-corrected chi connectivity index (χ1v) is 37.7. The number of allylic oxidation sites excluding steroid dienone is 4. The summed E-state index contributed by atoms with van der Waals surface area (Å²) >= 11 is 0. The molecule has 0 aromatic rings. The number of aliphatic hydroxyl groups excluding tert-OH is 1. The van der Waals surface area contributed by atoms with Crippen molar-refractivity contribution >= 4 is 39.5 Å². The minimum absolute atomic E-state index is 0.0974. The lowest BCUT2D eigenvalue weighted by Gasteiger charge is -2.21. The number of hydrogen-bond donors (Lipinski definition) is 3.